The second-order valence-electron chi connectivity index (χ2n) is 12.3. The van der Waals surface area contributed by atoms with Gasteiger partial charge in [-0.25, -0.2) is 0 Å². The Bertz CT molecular complexity index is 2450. The van der Waals surface area contributed by atoms with E-state index in [9.17, 15) is 5.11 Å². The average molecular weight is 587 g/mol. The molecule has 0 unspecified atom stereocenters. The van der Waals surface area contributed by atoms with Gasteiger partial charge in [-0.15, -0.1) is 0 Å². The Hall–Kier alpha value is -5.92. The van der Waals surface area contributed by atoms with Crippen molar-refractivity contribution in [3.8, 4) is 61.4 Å². The lowest BCUT2D eigenvalue weighted by atomic mass is 9.85. The van der Waals surface area contributed by atoms with Gasteiger partial charge in [0.25, 0.3) is 0 Å². The maximum atomic E-state index is 10.9. The molecular weight excluding hydrogens is 556 g/mol. The summed E-state index contributed by atoms with van der Waals surface area (Å²) in [5, 5.41) is 15.9. The maximum absolute atomic E-state index is 10.9. The predicted octanol–water partition coefficient (Wildman–Crippen LogP) is 11.9. The SMILES string of the molecule is Oc1ccc(-c2ccc(-c3ccc4ccccc4c3)c3c2Cc2cccc(-c4ccc5ccccc5c4)c2-3)cc1-c1ccccc1. The van der Waals surface area contributed by atoms with Gasteiger partial charge in [-0.2, -0.15) is 0 Å². The summed E-state index contributed by atoms with van der Waals surface area (Å²) in [6.45, 7) is 0. The van der Waals surface area contributed by atoms with Gasteiger partial charge in [0.15, 0.2) is 0 Å². The molecule has 0 spiro atoms. The predicted molar refractivity (Wildman–Crippen MR) is 193 cm³/mol. The quantitative estimate of drug-likeness (QED) is 0.217. The highest BCUT2D eigenvalue weighted by atomic mass is 16.3. The van der Waals surface area contributed by atoms with Crippen LogP contribution < -0.4 is 0 Å². The highest BCUT2D eigenvalue weighted by molar-refractivity contribution is 6.03. The maximum Gasteiger partial charge on any atom is 0.123 e. The van der Waals surface area contributed by atoms with Gasteiger partial charge in [0, 0.05) is 5.56 Å². The Morgan fingerprint density at radius 3 is 1.61 bits per heavy atom. The second kappa shape index (κ2) is 10.6. The Kier molecular flexibility index (Phi) is 6.11. The molecule has 0 radical (unpaired) electrons. The summed E-state index contributed by atoms with van der Waals surface area (Å²) in [5.41, 5.74) is 14.4. The Morgan fingerprint density at radius 1 is 0.348 bits per heavy atom. The molecule has 0 aliphatic heterocycles. The topological polar surface area (TPSA) is 20.2 Å². The van der Waals surface area contributed by atoms with Gasteiger partial charge in [0.2, 0.25) is 0 Å². The normalized spacial score (nSPS) is 11.9. The van der Waals surface area contributed by atoms with E-state index < -0.39 is 0 Å². The number of phenolic OH excluding ortho intramolecular Hbond substituents is 1. The van der Waals surface area contributed by atoms with E-state index in [1.165, 1.54) is 71.6 Å². The van der Waals surface area contributed by atoms with Crippen LogP contribution in [0.3, 0.4) is 0 Å². The van der Waals surface area contributed by atoms with Crippen LogP contribution >= 0.6 is 0 Å². The standard InChI is InChI=1S/C45H30O/c46-43-24-21-36(27-41(43)31-11-2-1-3-12-31)38-22-23-40(35-20-18-30-10-5-7-14-33(30)26-35)45-42(38)28-37-15-8-16-39(44(37)45)34-19-17-29-9-4-6-13-32(29)25-34/h1-27,46H,28H2. The summed E-state index contributed by atoms with van der Waals surface area (Å²) in [4.78, 5) is 0. The molecule has 0 amide bonds. The van der Waals surface area contributed by atoms with Crippen LogP contribution in [-0.4, -0.2) is 5.11 Å². The molecule has 0 atom stereocenters. The van der Waals surface area contributed by atoms with Crippen molar-refractivity contribution in [3.05, 3.63) is 175 Å². The molecule has 1 aliphatic rings. The minimum atomic E-state index is 0.293. The van der Waals surface area contributed by atoms with Crippen molar-refractivity contribution < 1.29 is 5.11 Å². The third-order valence-corrected chi connectivity index (χ3v) is 9.59. The van der Waals surface area contributed by atoms with Crippen molar-refractivity contribution in [2.75, 3.05) is 0 Å². The van der Waals surface area contributed by atoms with E-state index in [-0.39, 0.29) is 0 Å². The van der Waals surface area contributed by atoms with E-state index >= 15 is 0 Å². The molecule has 8 aromatic rings. The summed E-state index contributed by atoms with van der Waals surface area (Å²) < 4.78 is 0. The van der Waals surface area contributed by atoms with Crippen LogP contribution in [-0.2, 0) is 6.42 Å². The number of hydrogen-bond acceptors (Lipinski definition) is 1. The number of aromatic hydroxyl groups is 1. The van der Waals surface area contributed by atoms with Gasteiger partial charge in [0.1, 0.15) is 5.75 Å². The Labute approximate surface area is 268 Å². The van der Waals surface area contributed by atoms with Gasteiger partial charge >= 0.3 is 0 Å². The van der Waals surface area contributed by atoms with Gasteiger partial charge in [-0.1, -0.05) is 140 Å². The van der Waals surface area contributed by atoms with Gasteiger partial charge < -0.3 is 5.11 Å². The second-order valence-corrected chi connectivity index (χ2v) is 12.3. The van der Waals surface area contributed by atoms with Crippen LogP contribution in [0.25, 0.3) is 77.2 Å². The molecule has 0 heterocycles. The summed E-state index contributed by atoms with van der Waals surface area (Å²) >= 11 is 0. The molecule has 1 heteroatoms. The number of rotatable bonds is 4. The number of benzene rings is 8. The summed E-state index contributed by atoms with van der Waals surface area (Å²) in [6, 6.07) is 58.4. The molecule has 0 saturated carbocycles. The van der Waals surface area contributed by atoms with E-state index in [2.05, 4.69) is 140 Å². The highest BCUT2D eigenvalue weighted by Crippen LogP contribution is 2.51. The lowest BCUT2D eigenvalue weighted by molar-refractivity contribution is 0.477. The number of phenols is 1. The first-order chi connectivity index (χ1) is 22.7. The van der Waals surface area contributed by atoms with Gasteiger partial charge in [0.05, 0.1) is 0 Å². The van der Waals surface area contributed by atoms with Crippen LogP contribution in [0.1, 0.15) is 11.1 Å². The first-order valence-corrected chi connectivity index (χ1v) is 15.9. The van der Waals surface area contributed by atoms with E-state index in [0.29, 0.717) is 5.75 Å². The molecule has 0 bridgehead atoms. The van der Waals surface area contributed by atoms with Crippen molar-refractivity contribution in [1.82, 2.24) is 0 Å². The number of fused-ring (bicyclic) bond motifs is 5. The zero-order valence-electron chi connectivity index (χ0n) is 25.2. The minimum absolute atomic E-state index is 0.293. The van der Waals surface area contributed by atoms with E-state index in [0.717, 1.165) is 23.1 Å². The first-order valence-electron chi connectivity index (χ1n) is 15.9. The van der Waals surface area contributed by atoms with Crippen molar-refractivity contribution in [1.29, 1.82) is 0 Å². The molecule has 216 valence electrons. The Morgan fingerprint density at radius 2 is 0.913 bits per heavy atom. The lowest BCUT2D eigenvalue weighted by Gasteiger charge is -2.18. The molecule has 1 nitrogen and oxygen atoms in total. The Balaban J connectivity index is 1.30. The average Bonchev–Trinajstić information content (AvgIpc) is 3.52. The molecule has 46 heavy (non-hydrogen) atoms. The number of hydrogen-bond donors (Lipinski definition) is 1. The van der Waals surface area contributed by atoms with E-state index in [1.807, 2.05) is 24.3 Å². The molecule has 0 aromatic heterocycles. The minimum Gasteiger partial charge on any atom is -0.507 e. The van der Waals surface area contributed by atoms with Crippen LogP contribution in [0.2, 0.25) is 0 Å². The third-order valence-electron chi connectivity index (χ3n) is 9.59. The third kappa shape index (κ3) is 4.32. The largest absolute Gasteiger partial charge is 0.507 e. The molecule has 8 aromatic carbocycles. The fourth-order valence-electron chi connectivity index (χ4n) is 7.37. The van der Waals surface area contributed by atoms with Crippen molar-refractivity contribution >= 4 is 21.5 Å². The summed E-state index contributed by atoms with van der Waals surface area (Å²) in [7, 11) is 0. The van der Waals surface area contributed by atoms with E-state index in [4.69, 9.17) is 0 Å². The fourth-order valence-corrected chi connectivity index (χ4v) is 7.37. The van der Waals surface area contributed by atoms with Crippen molar-refractivity contribution in [3.63, 3.8) is 0 Å². The van der Waals surface area contributed by atoms with Crippen LogP contribution in [0.5, 0.6) is 5.75 Å². The molecule has 1 N–H and O–H groups in total. The first kappa shape index (κ1) is 26.5. The molecule has 0 fully saturated rings. The lowest BCUT2D eigenvalue weighted by Crippen LogP contribution is -1.93. The summed E-state index contributed by atoms with van der Waals surface area (Å²) in [6.07, 6.45) is 0.852. The smallest absolute Gasteiger partial charge is 0.123 e. The molecular formula is C45H30O. The summed E-state index contributed by atoms with van der Waals surface area (Å²) in [5.74, 6) is 0.293. The molecule has 1 aliphatic carbocycles. The van der Waals surface area contributed by atoms with Crippen LogP contribution in [0, 0.1) is 0 Å². The van der Waals surface area contributed by atoms with Crippen molar-refractivity contribution in [2.45, 2.75) is 6.42 Å². The van der Waals surface area contributed by atoms with Crippen LogP contribution in [0.15, 0.2) is 164 Å². The van der Waals surface area contributed by atoms with Gasteiger partial charge in [-0.05, 0) is 113 Å². The highest BCUT2D eigenvalue weighted by Gasteiger charge is 2.28. The zero-order chi connectivity index (χ0) is 30.6. The molecule has 9 rings (SSSR count). The zero-order valence-corrected chi connectivity index (χ0v) is 25.2. The van der Waals surface area contributed by atoms with Crippen molar-refractivity contribution in [2.24, 2.45) is 0 Å². The molecule has 0 saturated heterocycles. The fraction of sp³-hybridized carbons (Fsp3) is 0.0222. The van der Waals surface area contributed by atoms with E-state index in [1.54, 1.807) is 0 Å². The van der Waals surface area contributed by atoms with Crippen LogP contribution in [0.4, 0.5) is 0 Å². The monoisotopic (exact) mass is 586 g/mol. The van der Waals surface area contributed by atoms with Gasteiger partial charge in [-0.3, -0.25) is 0 Å².